The second-order valence-corrected chi connectivity index (χ2v) is 5.52. The molecule has 0 fully saturated rings. The van der Waals surface area contributed by atoms with Crippen LogP contribution < -0.4 is 5.73 Å². The third-order valence-corrected chi connectivity index (χ3v) is 2.69. The van der Waals surface area contributed by atoms with Gasteiger partial charge in [0.25, 0.3) is 0 Å². The second kappa shape index (κ2) is 4.89. The fraction of sp³-hybridized carbons (Fsp3) is 0.769. The molecule has 3 nitrogen and oxygen atoms in total. The van der Waals surface area contributed by atoms with Gasteiger partial charge in [-0.05, 0) is 26.2 Å². The van der Waals surface area contributed by atoms with E-state index < -0.39 is 0 Å². The van der Waals surface area contributed by atoms with E-state index in [1.807, 2.05) is 0 Å². The molecule has 0 aliphatic heterocycles. The Hall–Kier alpha value is -0.990. The molecule has 2 N–H and O–H groups in total. The molecule has 0 spiro atoms. The molecule has 0 aromatic carbocycles. The summed E-state index contributed by atoms with van der Waals surface area (Å²) in [6, 6.07) is 0.380. The minimum absolute atomic E-state index is 0.380. The van der Waals surface area contributed by atoms with Gasteiger partial charge in [0.1, 0.15) is 11.6 Å². The highest BCUT2D eigenvalue weighted by Gasteiger charge is 2.19. The molecule has 1 aromatic heterocycles. The molecule has 0 bridgehead atoms. The van der Waals surface area contributed by atoms with Crippen molar-refractivity contribution >= 4 is 5.82 Å². The highest BCUT2D eigenvalue weighted by Crippen LogP contribution is 2.26. The lowest BCUT2D eigenvalue weighted by Gasteiger charge is -2.15. The first-order chi connectivity index (χ1) is 7.34. The van der Waals surface area contributed by atoms with Crippen molar-refractivity contribution in [2.24, 2.45) is 5.92 Å². The first-order valence-corrected chi connectivity index (χ1v) is 6.21. The number of hydrogen-bond acceptors (Lipinski definition) is 2. The molecule has 1 heterocycles. The topological polar surface area (TPSA) is 43.8 Å². The maximum absolute atomic E-state index is 6.19. The molecule has 0 aliphatic rings. The fourth-order valence-electron chi connectivity index (χ4n) is 2.00. The predicted octanol–water partition coefficient (Wildman–Crippen LogP) is 3.37. The standard InChI is InChI=1S/C13H25N3/c1-8(2)7-11-12(14)16(10(5)6)13(15-11)9(3)4/h8-10H,7,14H2,1-6H3. The van der Waals surface area contributed by atoms with Gasteiger partial charge < -0.3 is 10.3 Å². The van der Waals surface area contributed by atoms with E-state index in [2.05, 4.69) is 46.1 Å². The molecule has 0 radical (unpaired) electrons. The van der Waals surface area contributed by atoms with Crippen LogP contribution in [0.5, 0.6) is 0 Å². The molecule has 92 valence electrons. The number of aromatic nitrogens is 2. The van der Waals surface area contributed by atoms with Crippen LogP contribution in [0.4, 0.5) is 5.82 Å². The van der Waals surface area contributed by atoms with Crippen LogP contribution in [0.3, 0.4) is 0 Å². The summed E-state index contributed by atoms with van der Waals surface area (Å²) >= 11 is 0. The lowest BCUT2D eigenvalue weighted by Crippen LogP contribution is -2.11. The van der Waals surface area contributed by atoms with Crippen LogP contribution >= 0.6 is 0 Å². The number of nitrogens with zero attached hydrogens (tertiary/aromatic N) is 2. The zero-order valence-electron chi connectivity index (χ0n) is 11.4. The summed E-state index contributed by atoms with van der Waals surface area (Å²) in [6.45, 7) is 13.0. The van der Waals surface area contributed by atoms with Crippen LogP contribution in [0.2, 0.25) is 0 Å². The van der Waals surface area contributed by atoms with Gasteiger partial charge in [0.05, 0.1) is 5.69 Å². The Balaban J connectivity index is 3.19. The number of nitrogens with two attached hydrogens (primary N) is 1. The van der Waals surface area contributed by atoms with Crippen molar-refractivity contribution < 1.29 is 0 Å². The summed E-state index contributed by atoms with van der Waals surface area (Å²) in [5.41, 5.74) is 7.25. The van der Waals surface area contributed by atoms with Gasteiger partial charge in [-0.15, -0.1) is 0 Å². The average Bonchev–Trinajstić information content (AvgIpc) is 2.43. The Bertz CT molecular complexity index is 348. The Morgan fingerprint density at radius 1 is 1.12 bits per heavy atom. The zero-order chi connectivity index (χ0) is 12.5. The van der Waals surface area contributed by atoms with E-state index in [-0.39, 0.29) is 0 Å². The molecule has 0 unspecified atom stereocenters. The fourth-order valence-corrected chi connectivity index (χ4v) is 2.00. The Morgan fingerprint density at radius 3 is 2.00 bits per heavy atom. The van der Waals surface area contributed by atoms with E-state index in [0.717, 1.165) is 23.8 Å². The molecule has 0 atom stereocenters. The van der Waals surface area contributed by atoms with Crippen LogP contribution in [-0.2, 0) is 6.42 Å². The Kier molecular flexibility index (Phi) is 4.00. The lowest BCUT2D eigenvalue weighted by molar-refractivity contribution is 0.556. The minimum Gasteiger partial charge on any atom is -0.384 e. The van der Waals surface area contributed by atoms with Gasteiger partial charge in [-0.2, -0.15) is 0 Å². The van der Waals surface area contributed by atoms with Crippen molar-refractivity contribution in [2.45, 2.75) is 59.9 Å². The number of hydrogen-bond donors (Lipinski definition) is 1. The molecule has 0 saturated heterocycles. The van der Waals surface area contributed by atoms with E-state index in [4.69, 9.17) is 10.7 Å². The maximum atomic E-state index is 6.19. The van der Waals surface area contributed by atoms with Gasteiger partial charge in [-0.3, -0.25) is 0 Å². The number of imidazole rings is 1. The summed E-state index contributed by atoms with van der Waals surface area (Å²) in [5, 5.41) is 0. The first kappa shape index (κ1) is 13.1. The molecule has 1 rings (SSSR count). The quantitative estimate of drug-likeness (QED) is 0.850. The van der Waals surface area contributed by atoms with Crippen molar-refractivity contribution in [1.29, 1.82) is 0 Å². The molecule has 0 saturated carbocycles. The highest BCUT2D eigenvalue weighted by atomic mass is 15.2. The first-order valence-electron chi connectivity index (χ1n) is 6.21. The van der Waals surface area contributed by atoms with Crippen LogP contribution in [0.15, 0.2) is 0 Å². The van der Waals surface area contributed by atoms with Crippen molar-refractivity contribution in [3.05, 3.63) is 11.5 Å². The van der Waals surface area contributed by atoms with Gasteiger partial charge in [-0.25, -0.2) is 4.98 Å². The molecule has 1 aromatic rings. The zero-order valence-corrected chi connectivity index (χ0v) is 11.4. The molecular weight excluding hydrogens is 198 g/mol. The van der Waals surface area contributed by atoms with Crippen molar-refractivity contribution in [2.75, 3.05) is 5.73 Å². The molecule has 0 aliphatic carbocycles. The van der Waals surface area contributed by atoms with E-state index in [0.29, 0.717) is 17.9 Å². The van der Waals surface area contributed by atoms with Crippen LogP contribution in [0.1, 0.15) is 65.0 Å². The van der Waals surface area contributed by atoms with Gasteiger partial charge in [0, 0.05) is 12.0 Å². The van der Waals surface area contributed by atoms with Crippen LogP contribution in [0, 0.1) is 5.92 Å². The molecule has 0 amide bonds. The minimum atomic E-state index is 0.380. The average molecular weight is 223 g/mol. The van der Waals surface area contributed by atoms with Crippen LogP contribution in [0.25, 0.3) is 0 Å². The van der Waals surface area contributed by atoms with E-state index >= 15 is 0 Å². The SMILES string of the molecule is CC(C)Cc1nc(C(C)C)n(C(C)C)c1N. The third-order valence-electron chi connectivity index (χ3n) is 2.69. The molecule has 16 heavy (non-hydrogen) atoms. The van der Waals surface area contributed by atoms with Gasteiger partial charge in [0.15, 0.2) is 0 Å². The second-order valence-electron chi connectivity index (χ2n) is 5.52. The number of nitrogen functional groups attached to an aromatic ring is 1. The predicted molar refractivity (Wildman–Crippen MR) is 69.7 cm³/mol. The van der Waals surface area contributed by atoms with E-state index in [1.54, 1.807) is 0 Å². The summed E-state index contributed by atoms with van der Waals surface area (Å²) < 4.78 is 2.17. The largest absolute Gasteiger partial charge is 0.384 e. The Labute approximate surface area is 99.1 Å². The smallest absolute Gasteiger partial charge is 0.127 e. The van der Waals surface area contributed by atoms with Crippen molar-refractivity contribution in [1.82, 2.24) is 9.55 Å². The summed E-state index contributed by atoms with van der Waals surface area (Å²) in [4.78, 5) is 4.71. The van der Waals surface area contributed by atoms with Crippen molar-refractivity contribution in [3.8, 4) is 0 Å². The number of rotatable bonds is 4. The van der Waals surface area contributed by atoms with Gasteiger partial charge in [-0.1, -0.05) is 27.7 Å². The Morgan fingerprint density at radius 2 is 1.69 bits per heavy atom. The van der Waals surface area contributed by atoms with E-state index in [1.165, 1.54) is 0 Å². The summed E-state index contributed by atoms with van der Waals surface area (Å²) in [5.74, 6) is 2.99. The molecular formula is C13H25N3. The van der Waals surface area contributed by atoms with E-state index in [9.17, 15) is 0 Å². The summed E-state index contributed by atoms with van der Waals surface area (Å²) in [7, 11) is 0. The third kappa shape index (κ3) is 2.57. The molecule has 3 heteroatoms. The summed E-state index contributed by atoms with van der Waals surface area (Å²) in [6.07, 6.45) is 0.964. The monoisotopic (exact) mass is 223 g/mol. The lowest BCUT2D eigenvalue weighted by atomic mass is 10.1. The van der Waals surface area contributed by atoms with Gasteiger partial charge >= 0.3 is 0 Å². The van der Waals surface area contributed by atoms with Crippen molar-refractivity contribution in [3.63, 3.8) is 0 Å². The maximum Gasteiger partial charge on any atom is 0.127 e. The number of anilines is 1. The normalized spacial score (nSPS) is 12.1. The highest BCUT2D eigenvalue weighted by molar-refractivity contribution is 5.39. The van der Waals surface area contributed by atoms with Gasteiger partial charge in [0.2, 0.25) is 0 Å². The van der Waals surface area contributed by atoms with Crippen LogP contribution in [-0.4, -0.2) is 9.55 Å².